The van der Waals surface area contributed by atoms with Gasteiger partial charge in [-0.05, 0) is 76.3 Å². The van der Waals surface area contributed by atoms with Crippen LogP contribution in [0.15, 0.2) is 60.7 Å². The molecular weight excluding hydrogens is 674 g/mol. The first-order chi connectivity index (χ1) is 26.3. The van der Waals surface area contributed by atoms with Crippen molar-refractivity contribution in [3.63, 3.8) is 0 Å². The third-order valence-electron chi connectivity index (χ3n) is 12.7. The van der Waals surface area contributed by atoms with E-state index in [0.717, 1.165) is 0 Å². The minimum absolute atomic E-state index is 0. The molecule has 2 rings (SSSR count). The van der Waals surface area contributed by atoms with Crippen molar-refractivity contribution in [3.8, 4) is 0 Å². The van der Waals surface area contributed by atoms with Crippen LogP contribution in [-0.2, 0) is 12.8 Å². The van der Waals surface area contributed by atoms with Crippen molar-refractivity contribution in [1.82, 2.24) is 0 Å². The number of rotatable bonds is 40. The number of aryl methyl sites for hydroxylation is 2. The summed E-state index contributed by atoms with van der Waals surface area (Å²) >= 11 is 0. The number of halogens is 1. The molecule has 0 N–H and O–H groups in total. The van der Waals surface area contributed by atoms with Crippen LogP contribution in [0.4, 0.5) is 0 Å². The van der Waals surface area contributed by atoms with E-state index >= 15 is 0 Å². The summed E-state index contributed by atoms with van der Waals surface area (Å²) in [5, 5.41) is 0. The van der Waals surface area contributed by atoms with Gasteiger partial charge in [-0.3, -0.25) is 0 Å². The fourth-order valence-corrected chi connectivity index (χ4v) is 8.76. The van der Waals surface area contributed by atoms with Crippen LogP contribution in [0.5, 0.6) is 0 Å². The summed E-state index contributed by atoms with van der Waals surface area (Å²) in [5.74, 6) is 0. The van der Waals surface area contributed by atoms with Crippen molar-refractivity contribution in [2.75, 3.05) is 26.2 Å². The lowest BCUT2D eigenvalue weighted by atomic mass is 10.0. The van der Waals surface area contributed by atoms with Crippen LogP contribution < -0.4 is 12.4 Å². The van der Waals surface area contributed by atoms with Gasteiger partial charge in [-0.2, -0.15) is 0 Å². The summed E-state index contributed by atoms with van der Waals surface area (Å²) in [6.45, 7) is 10.4. The van der Waals surface area contributed by atoms with Gasteiger partial charge in [0.25, 0.3) is 0 Å². The van der Waals surface area contributed by atoms with Gasteiger partial charge in [0.1, 0.15) is 0 Å². The van der Waals surface area contributed by atoms with Gasteiger partial charge < -0.3 is 16.9 Å². The average Bonchev–Trinajstić information content (AvgIpc) is 3.20. The second-order valence-corrected chi connectivity index (χ2v) is 17.2. The highest BCUT2D eigenvalue weighted by Crippen LogP contribution is 2.19. The zero-order valence-electron chi connectivity index (χ0n) is 36.5. The topological polar surface area (TPSA) is 0 Å². The van der Waals surface area contributed by atoms with E-state index in [1.54, 1.807) is 0 Å². The highest BCUT2D eigenvalue weighted by molar-refractivity contribution is 5.15. The molecule has 0 aliphatic rings. The molecule has 2 aromatic rings. The van der Waals surface area contributed by atoms with Gasteiger partial charge in [-0.25, -0.2) is 0 Å². The maximum Gasteiger partial charge on any atom is 0.0786 e. The molecule has 0 radical (unpaired) electrons. The Morgan fingerprint density at radius 3 is 0.704 bits per heavy atom. The molecule has 0 bridgehead atoms. The van der Waals surface area contributed by atoms with Crippen LogP contribution in [0.2, 0.25) is 0 Å². The lowest BCUT2D eigenvalue weighted by Gasteiger charge is -2.37. The molecule has 1 nitrogen and oxygen atoms in total. The van der Waals surface area contributed by atoms with E-state index in [-0.39, 0.29) is 12.4 Å². The Kier molecular flexibility index (Phi) is 36.2. The van der Waals surface area contributed by atoms with Crippen molar-refractivity contribution in [3.05, 3.63) is 71.8 Å². The second-order valence-electron chi connectivity index (χ2n) is 17.2. The fraction of sp³-hybridized carbons (Fsp3) is 0.769. The average molecular weight is 767 g/mol. The highest BCUT2D eigenvalue weighted by atomic mass is 35.5. The number of benzene rings is 2. The van der Waals surface area contributed by atoms with Gasteiger partial charge >= 0.3 is 0 Å². The van der Waals surface area contributed by atoms with Crippen LogP contribution in [0.25, 0.3) is 0 Å². The summed E-state index contributed by atoms with van der Waals surface area (Å²) in [6.07, 6.45) is 49.0. The smallest absolute Gasteiger partial charge is 0.0786 e. The molecule has 0 amide bonds. The number of quaternary nitrogens is 1. The van der Waals surface area contributed by atoms with Gasteiger partial charge in [0.15, 0.2) is 0 Å². The van der Waals surface area contributed by atoms with Crippen molar-refractivity contribution >= 4 is 0 Å². The van der Waals surface area contributed by atoms with Gasteiger partial charge in [0.2, 0.25) is 0 Å². The lowest BCUT2D eigenvalue weighted by molar-refractivity contribution is -0.925. The second kappa shape index (κ2) is 38.6. The minimum Gasteiger partial charge on any atom is -1.00 e. The normalized spacial score (nSPS) is 11.6. The first kappa shape index (κ1) is 50.7. The van der Waals surface area contributed by atoms with E-state index in [1.807, 2.05) is 0 Å². The Morgan fingerprint density at radius 2 is 0.481 bits per heavy atom. The zero-order chi connectivity index (χ0) is 37.6. The van der Waals surface area contributed by atoms with Gasteiger partial charge in [0.05, 0.1) is 26.2 Å². The molecule has 0 fully saturated rings. The van der Waals surface area contributed by atoms with E-state index in [4.69, 9.17) is 0 Å². The molecule has 0 aliphatic heterocycles. The minimum atomic E-state index is 0. The first-order valence-corrected chi connectivity index (χ1v) is 24.2. The molecule has 0 aromatic heterocycles. The summed E-state index contributed by atoms with van der Waals surface area (Å²) in [6, 6.07) is 22.0. The first-order valence-electron chi connectivity index (χ1n) is 24.2. The Morgan fingerprint density at radius 1 is 0.278 bits per heavy atom. The molecule has 54 heavy (non-hydrogen) atoms. The van der Waals surface area contributed by atoms with Crippen LogP contribution in [0.1, 0.15) is 230 Å². The molecule has 0 heterocycles. The molecule has 2 heteroatoms. The SMILES string of the molecule is CC[N+](CC)(CCCCCCCCCCCCCCCCCCc1ccccc1)CCCCCCCCCCCCCCCCCCc1ccccc1.[Cl-]. The molecule has 0 spiro atoms. The lowest BCUT2D eigenvalue weighted by Crippen LogP contribution is -3.00. The largest absolute Gasteiger partial charge is 1.00 e. The Bertz CT molecular complexity index is 908. The Balaban J connectivity index is 0.0000146. The summed E-state index contributed by atoms with van der Waals surface area (Å²) in [7, 11) is 0. The molecule has 0 atom stereocenters. The van der Waals surface area contributed by atoms with Crippen molar-refractivity contribution in [2.45, 2.75) is 232 Å². The van der Waals surface area contributed by atoms with Crippen LogP contribution in [-0.4, -0.2) is 30.7 Å². The van der Waals surface area contributed by atoms with Gasteiger partial charge in [-0.15, -0.1) is 0 Å². The van der Waals surface area contributed by atoms with Crippen molar-refractivity contribution in [2.24, 2.45) is 0 Å². The summed E-state index contributed by atoms with van der Waals surface area (Å²) in [5.41, 5.74) is 3.01. The monoisotopic (exact) mass is 766 g/mol. The van der Waals surface area contributed by atoms with E-state index in [0.29, 0.717) is 0 Å². The predicted octanol–water partition coefficient (Wildman–Crippen LogP) is 13.8. The Hall–Kier alpha value is -1.31. The fourth-order valence-electron chi connectivity index (χ4n) is 8.76. The highest BCUT2D eigenvalue weighted by Gasteiger charge is 2.21. The van der Waals surface area contributed by atoms with Crippen LogP contribution in [0.3, 0.4) is 0 Å². The van der Waals surface area contributed by atoms with E-state index in [2.05, 4.69) is 74.5 Å². The molecule has 0 aliphatic carbocycles. The zero-order valence-corrected chi connectivity index (χ0v) is 37.2. The van der Waals surface area contributed by atoms with E-state index < -0.39 is 0 Å². The van der Waals surface area contributed by atoms with Crippen LogP contribution in [0, 0.1) is 0 Å². The van der Waals surface area contributed by atoms with Crippen molar-refractivity contribution < 1.29 is 16.9 Å². The predicted molar refractivity (Wildman–Crippen MR) is 239 cm³/mol. The van der Waals surface area contributed by atoms with E-state index in [9.17, 15) is 0 Å². The molecule has 0 saturated carbocycles. The van der Waals surface area contributed by atoms with Crippen molar-refractivity contribution in [1.29, 1.82) is 0 Å². The molecule has 2 aromatic carbocycles. The van der Waals surface area contributed by atoms with Gasteiger partial charge in [-0.1, -0.05) is 228 Å². The third kappa shape index (κ3) is 29.9. The maximum atomic E-state index is 2.45. The van der Waals surface area contributed by atoms with Crippen LogP contribution >= 0.6 is 0 Å². The number of nitrogens with zero attached hydrogens (tertiary/aromatic N) is 1. The van der Waals surface area contributed by atoms with Gasteiger partial charge in [0, 0.05) is 0 Å². The Labute approximate surface area is 345 Å². The quantitative estimate of drug-likeness (QED) is 0.0468. The molecule has 0 saturated heterocycles. The third-order valence-corrected chi connectivity index (χ3v) is 12.7. The number of hydrogen-bond donors (Lipinski definition) is 0. The summed E-state index contributed by atoms with van der Waals surface area (Å²) in [4.78, 5) is 0. The number of unbranched alkanes of at least 4 members (excludes halogenated alkanes) is 30. The van der Waals surface area contributed by atoms with E-state index in [1.165, 1.54) is 260 Å². The molecule has 0 unspecified atom stereocenters. The standard InChI is InChI=1S/C52H92N.ClH/c1-3-53(4-2,49-41-31-27-23-19-15-11-7-5-9-13-17-21-25-29-35-43-51-45-37-33-38-46-51)50-42-32-28-24-20-16-12-8-6-10-14-18-22-26-30-36-44-52-47-39-34-40-48-52;/h33-34,37-40,45-48H,3-32,35-36,41-44,49-50H2,1-2H3;1H/q+1;/p-1. The molecule has 312 valence electrons. The molecular formula is C52H92ClN. The maximum absolute atomic E-state index is 2.45. The number of hydrogen-bond acceptors (Lipinski definition) is 0. The summed E-state index contributed by atoms with van der Waals surface area (Å²) < 4.78 is 1.38.